The smallest absolute Gasteiger partial charge is 0.336 e. The number of ketones is 1. The Morgan fingerprint density at radius 1 is 0.727 bits per heavy atom. The minimum Gasteiger partial charge on any atom is -0.479 e. The van der Waals surface area contributed by atoms with Crippen LogP contribution in [0.1, 0.15) is 27.7 Å². The van der Waals surface area contributed by atoms with Gasteiger partial charge >= 0.3 is 5.97 Å². The summed E-state index contributed by atoms with van der Waals surface area (Å²) in [6, 6.07) is -12.7. The number of carboxylic acids is 1. The highest BCUT2D eigenvalue weighted by molar-refractivity contribution is 6.35. The molecule has 0 aromatic rings. The van der Waals surface area contributed by atoms with Gasteiger partial charge in [-0.1, -0.05) is 13.8 Å². The number of carbonyl (C=O) groups excluding carboxylic acids is 10. The molecule has 0 aromatic heterocycles. The van der Waals surface area contributed by atoms with Crippen LogP contribution in [0.4, 0.5) is 0 Å². The summed E-state index contributed by atoms with van der Waals surface area (Å²) < 4.78 is 0. The van der Waals surface area contributed by atoms with Crippen molar-refractivity contribution < 1.29 is 83.4 Å². The Bertz CT molecular complexity index is 1520. The fraction of sp³-hybridized carbons (Fsp3) is 0.621. The highest BCUT2D eigenvalue weighted by Gasteiger charge is 2.41. The number of β-amino-alcohol motifs (C(OH)–C–C–N with tert-alkyl or cyclic N) is 1. The van der Waals surface area contributed by atoms with E-state index in [9.17, 15) is 83.4 Å². The van der Waals surface area contributed by atoms with Crippen LogP contribution >= 0.6 is 0 Å². The van der Waals surface area contributed by atoms with Gasteiger partial charge in [-0.3, -0.25) is 47.9 Å². The molecule has 0 spiro atoms. The molecule has 1 rings (SSSR count). The second-order valence-electron chi connectivity index (χ2n) is 12.4. The van der Waals surface area contributed by atoms with E-state index in [4.69, 9.17) is 5.73 Å². The lowest BCUT2D eigenvalue weighted by atomic mass is 9.99. The van der Waals surface area contributed by atoms with Gasteiger partial charge in [-0.05, 0) is 12.8 Å². The summed E-state index contributed by atoms with van der Waals surface area (Å²) in [5.41, 5.74) is 5.02. The lowest BCUT2D eigenvalue weighted by Gasteiger charge is -2.31. The van der Waals surface area contributed by atoms with Crippen molar-refractivity contribution in [3.63, 3.8) is 0 Å². The third-order valence-electron chi connectivity index (χ3n) is 7.65. The van der Waals surface area contributed by atoms with Gasteiger partial charge in [0.1, 0.15) is 42.4 Å². The number of aliphatic carboxylic acids is 1. The molecule has 1 fully saturated rings. The summed E-state index contributed by atoms with van der Waals surface area (Å²) in [6.45, 7) is 1.28. The summed E-state index contributed by atoms with van der Waals surface area (Å²) >= 11 is 0. The SMILES string of the molecule is CC(=O)C(=O)NCC1NC(=O)C(C(=O)O)NC(=O)C(O)CNC(=O)C(C(C)O)NC(=O)C(C(O)C(O)C(N)=O)NC(=O)C(C(C)C)NC(=O)C(CO)NC1=O. The summed E-state index contributed by atoms with van der Waals surface area (Å²) in [4.78, 5) is 139. The van der Waals surface area contributed by atoms with Gasteiger partial charge in [-0.2, -0.15) is 0 Å². The van der Waals surface area contributed by atoms with Crippen LogP contribution in [0.2, 0.25) is 0 Å². The molecule has 26 heteroatoms. The van der Waals surface area contributed by atoms with E-state index < -0.39 is 151 Å². The van der Waals surface area contributed by atoms with E-state index in [1.807, 2.05) is 31.9 Å². The van der Waals surface area contributed by atoms with Gasteiger partial charge in [-0.25, -0.2) is 4.79 Å². The normalized spacial score (nSPS) is 27.1. The molecule has 10 unspecified atom stereocenters. The van der Waals surface area contributed by atoms with Gasteiger partial charge in [0.15, 0.2) is 6.10 Å². The highest BCUT2D eigenvalue weighted by Crippen LogP contribution is 2.08. The number of nitrogens with one attached hydrogen (secondary N) is 8. The third kappa shape index (κ3) is 13.8. The van der Waals surface area contributed by atoms with E-state index in [1.165, 1.54) is 13.8 Å². The Morgan fingerprint density at radius 3 is 1.73 bits per heavy atom. The van der Waals surface area contributed by atoms with Gasteiger partial charge in [0, 0.05) is 13.5 Å². The zero-order chi connectivity index (χ0) is 42.5. The van der Waals surface area contributed by atoms with Crippen molar-refractivity contribution in [3.8, 4) is 0 Å². The third-order valence-corrected chi connectivity index (χ3v) is 7.65. The van der Waals surface area contributed by atoms with Crippen molar-refractivity contribution in [1.82, 2.24) is 42.5 Å². The van der Waals surface area contributed by atoms with Gasteiger partial charge < -0.3 is 78.9 Å². The number of hydrogen-bond acceptors (Lipinski definition) is 16. The Morgan fingerprint density at radius 2 is 1.24 bits per heavy atom. The molecule has 55 heavy (non-hydrogen) atoms. The number of Topliss-reactive ketones (excluding diaryl/α,β-unsaturated/α-hetero) is 1. The molecule has 9 amide bonds. The molecule has 1 aliphatic rings. The maximum absolute atomic E-state index is 13.5. The quantitative estimate of drug-likeness (QED) is 0.0721. The molecule has 308 valence electrons. The molecule has 10 atom stereocenters. The van der Waals surface area contributed by atoms with Crippen LogP contribution in [-0.2, 0) is 52.7 Å². The molecular formula is C29H45N9O17. The van der Waals surface area contributed by atoms with E-state index in [-0.39, 0.29) is 0 Å². The Kier molecular flexibility index (Phi) is 18.2. The average molecular weight is 792 g/mol. The lowest BCUT2D eigenvalue weighted by molar-refractivity contribution is -0.148. The van der Waals surface area contributed by atoms with Crippen molar-refractivity contribution in [2.45, 2.75) is 88.4 Å². The number of amides is 9. The first-order valence-corrected chi connectivity index (χ1v) is 16.2. The molecular weight excluding hydrogens is 746 g/mol. The van der Waals surface area contributed by atoms with Crippen LogP contribution in [0.3, 0.4) is 0 Å². The number of rotatable bonds is 10. The van der Waals surface area contributed by atoms with Gasteiger partial charge in [0.05, 0.1) is 19.3 Å². The van der Waals surface area contributed by atoms with Crippen molar-refractivity contribution >= 4 is 64.9 Å². The van der Waals surface area contributed by atoms with Crippen molar-refractivity contribution in [2.24, 2.45) is 11.7 Å². The predicted molar refractivity (Wildman–Crippen MR) is 177 cm³/mol. The Hall–Kier alpha value is -5.83. The molecule has 1 heterocycles. The first-order valence-electron chi connectivity index (χ1n) is 16.2. The van der Waals surface area contributed by atoms with Crippen LogP contribution in [0.15, 0.2) is 0 Å². The van der Waals surface area contributed by atoms with Crippen LogP contribution in [0.5, 0.6) is 0 Å². The number of primary amides is 1. The van der Waals surface area contributed by atoms with E-state index in [0.29, 0.717) is 0 Å². The van der Waals surface area contributed by atoms with Gasteiger partial charge in [0.25, 0.3) is 17.7 Å². The second kappa shape index (κ2) is 21.2. The number of nitrogens with two attached hydrogens (primary N) is 1. The lowest BCUT2D eigenvalue weighted by Crippen LogP contribution is -2.66. The van der Waals surface area contributed by atoms with Crippen molar-refractivity contribution in [3.05, 3.63) is 0 Å². The van der Waals surface area contributed by atoms with Crippen LogP contribution in [0, 0.1) is 5.92 Å². The molecule has 0 bridgehead atoms. The highest BCUT2D eigenvalue weighted by atomic mass is 16.4. The maximum atomic E-state index is 13.5. The van der Waals surface area contributed by atoms with E-state index in [0.717, 1.165) is 13.8 Å². The number of carbonyl (C=O) groups is 11. The largest absolute Gasteiger partial charge is 0.479 e. The van der Waals surface area contributed by atoms with Crippen LogP contribution in [-0.4, -0.2) is 176 Å². The van der Waals surface area contributed by atoms with Crippen molar-refractivity contribution in [1.29, 1.82) is 0 Å². The number of carboxylic acid groups (broad SMARTS) is 1. The van der Waals surface area contributed by atoms with Crippen LogP contribution < -0.4 is 48.3 Å². The number of aliphatic hydroxyl groups is 5. The topological polar surface area (TPSA) is 431 Å². The monoisotopic (exact) mass is 791 g/mol. The summed E-state index contributed by atoms with van der Waals surface area (Å²) in [7, 11) is 0. The Balaban J connectivity index is 3.80. The fourth-order valence-electron chi connectivity index (χ4n) is 4.46. The first-order chi connectivity index (χ1) is 25.4. The van der Waals surface area contributed by atoms with Crippen molar-refractivity contribution in [2.75, 3.05) is 19.7 Å². The zero-order valence-corrected chi connectivity index (χ0v) is 29.7. The molecule has 16 N–H and O–H groups in total. The average Bonchev–Trinajstić information content (AvgIpc) is 3.10. The fourth-order valence-corrected chi connectivity index (χ4v) is 4.46. The zero-order valence-electron chi connectivity index (χ0n) is 29.7. The summed E-state index contributed by atoms with van der Waals surface area (Å²) in [5.74, 6) is -17.1. The van der Waals surface area contributed by atoms with E-state index in [1.54, 1.807) is 5.32 Å². The Labute approximate surface area is 310 Å². The standard InChI is InChI=1S/C29H45N9O17/c1-8(2)14-26(51)37-16(18(43)19(44)20(30)45)27(52)36-15(9(3)40)25(50)32-6-13(42)24(49)38-17(29(54)55)28(53)33-11(5-31-21(46)10(4)41)22(47)34-12(7-39)23(48)35-14/h8-9,11-19,39-40,42-44H,5-7H2,1-4H3,(H2,30,45)(H,31,46)(H,32,50)(H,33,53)(H,34,47)(H,35,48)(H,36,52)(H,37,51)(H,38,49)(H,54,55). The molecule has 1 saturated heterocycles. The predicted octanol–water partition coefficient (Wildman–Crippen LogP) is -10.6. The van der Waals surface area contributed by atoms with Crippen LogP contribution in [0.25, 0.3) is 0 Å². The number of aliphatic hydroxyl groups excluding tert-OH is 5. The van der Waals surface area contributed by atoms with E-state index in [2.05, 4.69) is 5.32 Å². The molecule has 1 aliphatic heterocycles. The number of hydrogen-bond donors (Lipinski definition) is 15. The molecule has 26 nitrogen and oxygen atoms in total. The summed E-state index contributed by atoms with van der Waals surface area (Å²) in [6.07, 6.45) is -9.23. The molecule has 0 saturated carbocycles. The molecule has 0 aromatic carbocycles. The van der Waals surface area contributed by atoms with Gasteiger partial charge in [0.2, 0.25) is 47.3 Å². The first kappa shape index (κ1) is 47.2. The van der Waals surface area contributed by atoms with Gasteiger partial charge in [-0.15, -0.1) is 0 Å². The van der Waals surface area contributed by atoms with E-state index >= 15 is 0 Å². The molecule has 0 aliphatic carbocycles. The maximum Gasteiger partial charge on any atom is 0.336 e. The molecule has 0 radical (unpaired) electrons. The summed E-state index contributed by atoms with van der Waals surface area (Å²) in [5, 5.41) is 76.4. The second-order valence-corrected chi connectivity index (χ2v) is 12.4. The minimum absolute atomic E-state index is 0.836. The minimum atomic E-state index is -2.58.